The molecular formula is C17H13NO2. The number of hydrogen-bond donors (Lipinski definition) is 1. The zero-order valence-electron chi connectivity index (χ0n) is 10.7. The fourth-order valence-electron chi connectivity index (χ4n) is 1.92. The molecular weight excluding hydrogens is 250 g/mol. The van der Waals surface area contributed by atoms with E-state index in [1.165, 1.54) is 0 Å². The van der Waals surface area contributed by atoms with E-state index < -0.39 is 0 Å². The molecule has 0 aliphatic carbocycles. The molecule has 0 unspecified atom stereocenters. The zero-order valence-corrected chi connectivity index (χ0v) is 10.7. The van der Waals surface area contributed by atoms with Crippen LogP contribution < -0.4 is 0 Å². The second kappa shape index (κ2) is 5.45. The summed E-state index contributed by atoms with van der Waals surface area (Å²) in [5.41, 5.74) is 2.45. The Kier molecular flexibility index (Phi) is 3.33. The Morgan fingerprint density at radius 3 is 2.45 bits per heavy atom. The van der Waals surface area contributed by atoms with E-state index in [1.807, 2.05) is 48.6 Å². The quantitative estimate of drug-likeness (QED) is 0.769. The molecule has 3 nitrogen and oxygen atoms in total. The van der Waals surface area contributed by atoms with Gasteiger partial charge in [-0.25, -0.2) is 0 Å². The largest absolute Gasteiger partial charge is 0.507 e. The van der Waals surface area contributed by atoms with Crippen LogP contribution in [0.2, 0.25) is 0 Å². The van der Waals surface area contributed by atoms with Gasteiger partial charge in [0.05, 0.1) is 5.56 Å². The van der Waals surface area contributed by atoms with Crippen LogP contribution in [0.1, 0.15) is 11.3 Å². The fraction of sp³-hybridized carbons (Fsp3) is 0. The Bertz CT molecular complexity index is 730. The van der Waals surface area contributed by atoms with Gasteiger partial charge in [-0.2, -0.15) is 0 Å². The Hall–Kier alpha value is -2.81. The summed E-state index contributed by atoms with van der Waals surface area (Å²) >= 11 is 0. The van der Waals surface area contributed by atoms with Crippen molar-refractivity contribution in [2.45, 2.75) is 0 Å². The molecule has 0 fully saturated rings. The van der Waals surface area contributed by atoms with E-state index in [1.54, 1.807) is 24.3 Å². The predicted octanol–water partition coefficient (Wildman–Crippen LogP) is 4.22. The first kappa shape index (κ1) is 12.2. The molecule has 0 bridgehead atoms. The lowest BCUT2D eigenvalue weighted by molar-refractivity contribution is 0.425. The van der Waals surface area contributed by atoms with Gasteiger partial charge in [0.1, 0.15) is 11.4 Å². The van der Waals surface area contributed by atoms with Crippen molar-refractivity contribution >= 4 is 12.2 Å². The van der Waals surface area contributed by atoms with Crippen LogP contribution in [0, 0.1) is 0 Å². The van der Waals surface area contributed by atoms with Crippen molar-refractivity contribution in [3.63, 3.8) is 0 Å². The van der Waals surface area contributed by atoms with Gasteiger partial charge < -0.3 is 9.63 Å². The second-order valence-electron chi connectivity index (χ2n) is 4.38. The molecule has 0 spiro atoms. The Morgan fingerprint density at radius 1 is 0.900 bits per heavy atom. The van der Waals surface area contributed by atoms with Crippen LogP contribution in [0.25, 0.3) is 23.5 Å². The molecule has 1 aromatic heterocycles. The van der Waals surface area contributed by atoms with Crippen LogP contribution in [0.4, 0.5) is 0 Å². The molecule has 1 N–H and O–H groups in total. The maximum Gasteiger partial charge on any atom is 0.171 e. The minimum Gasteiger partial charge on any atom is -0.507 e. The smallest absolute Gasteiger partial charge is 0.171 e. The van der Waals surface area contributed by atoms with Crippen LogP contribution in [0.3, 0.4) is 0 Å². The predicted molar refractivity (Wildman–Crippen MR) is 79.0 cm³/mol. The summed E-state index contributed by atoms with van der Waals surface area (Å²) in [7, 11) is 0. The number of benzene rings is 2. The van der Waals surface area contributed by atoms with Crippen molar-refractivity contribution in [2.75, 3.05) is 0 Å². The summed E-state index contributed by atoms with van der Waals surface area (Å²) in [5, 5.41) is 13.8. The van der Waals surface area contributed by atoms with Crippen LogP contribution in [-0.4, -0.2) is 10.3 Å². The summed E-state index contributed by atoms with van der Waals surface area (Å²) in [6.45, 7) is 0. The number of aromatic hydroxyl groups is 1. The zero-order chi connectivity index (χ0) is 13.8. The summed E-state index contributed by atoms with van der Waals surface area (Å²) in [6, 6.07) is 18.8. The van der Waals surface area contributed by atoms with Crippen LogP contribution >= 0.6 is 0 Å². The van der Waals surface area contributed by atoms with Crippen molar-refractivity contribution in [2.24, 2.45) is 0 Å². The van der Waals surface area contributed by atoms with Gasteiger partial charge >= 0.3 is 0 Å². The van der Waals surface area contributed by atoms with Gasteiger partial charge in [0, 0.05) is 6.07 Å². The van der Waals surface area contributed by atoms with Crippen molar-refractivity contribution in [3.8, 4) is 17.1 Å². The number of nitrogens with zero attached hydrogens (tertiary/aromatic N) is 1. The van der Waals surface area contributed by atoms with E-state index in [0.717, 1.165) is 5.56 Å². The third-order valence-electron chi connectivity index (χ3n) is 2.94. The lowest BCUT2D eigenvalue weighted by atomic mass is 10.1. The highest BCUT2D eigenvalue weighted by Gasteiger charge is 2.08. The molecule has 1 heterocycles. The molecule has 0 aliphatic heterocycles. The van der Waals surface area contributed by atoms with E-state index in [-0.39, 0.29) is 5.75 Å². The van der Waals surface area contributed by atoms with Gasteiger partial charge in [0.25, 0.3) is 0 Å². The highest BCUT2D eigenvalue weighted by atomic mass is 16.5. The third-order valence-corrected chi connectivity index (χ3v) is 2.94. The van der Waals surface area contributed by atoms with E-state index in [2.05, 4.69) is 5.16 Å². The molecule has 0 atom stereocenters. The van der Waals surface area contributed by atoms with Gasteiger partial charge in [0.2, 0.25) is 0 Å². The summed E-state index contributed by atoms with van der Waals surface area (Å²) < 4.78 is 5.26. The Morgan fingerprint density at radius 2 is 1.65 bits per heavy atom. The second-order valence-corrected chi connectivity index (χ2v) is 4.38. The number of phenols is 1. The van der Waals surface area contributed by atoms with Gasteiger partial charge in [-0.15, -0.1) is 0 Å². The summed E-state index contributed by atoms with van der Waals surface area (Å²) in [6.07, 6.45) is 3.84. The minimum atomic E-state index is 0.183. The van der Waals surface area contributed by atoms with Crippen molar-refractivity contribution in [3.05, 3.63) is 71.9 Å². The maximum atomic E-state index is 9.78. The number of phenolic OH excluding ortho intramolecular Hbond substituents is 1. The average Bonchev–Trinajstić information content (AvgIpc) is 2.95. The molecule has 0 saturated carbocycles. The summed E-state index contributed by atoms with van der Waals surface area (Å²) in [5.74, 6) is 0.734. The molecule has 0 radical (unpaired) electrons. The van der Waals surface area contributed by atoms with Gasteiger partial charge in [-0.1, -0.05) is 53.7 Å². The Labute approximate surface area is 116 Å². The maximum absolute atomic E-state index is 9.78. The number of hydrogen-bond acceptors (Lipinski definition) is 3. The number of para-hydroxylation sites is 1. The minimum absolute atomic E-state index is 0.183. The molecule has 0 saturated heterocycles. The monoisotopic (exact) mass is 263 g/mol. The molecule has 0 amide bonds. The van der Waals surface area contributed by atoms with Crippen molar-refractivity contribution in [1.29, 1.82) is 0 Å². The highest BCUT2D eigenvalue weighted by molar-refractivity contribution is 5.71. The van der Waals surface area contributed by atoms with Crippen LogP contribution in [0.5, 0.6) is 5.75 Å². The first-order valence-corrected chi connectivity index (χ1v) is 6.31. The number of rotatable bonds is 3. The van der Waals surface area contributed by atoms with Crippen molar-refractivity contribution < 1.29 is 9.63 Å². The SMILES string of the molecule is Oc1ccccc1-c1cc(/C=C/c2ccccc2)no1. The van der Waals surface area contributed by atoms with E-state index >= 15 is 0 Å². The molecule has 20 heavy (non-hydrogen) atoms. The Balaban J connectivity index is 1.85. The van der Waals surface area contributed by atoms with Gasteiger partial charge in [0.15, 0.2) is 5.76 Å². The molecule has 2 aromatic carbocycles. The first-order valence-electron chi connectivity index (χ1n) is 6.31. The lowest BCUT2D eigenvalue weighted by Gasteiger charge is -1.97. The van der Waals surface area contributed by atoms with E-state index in [0.29, 0.717) is 17.0 Å². The first-order chi connectivity index (χ1) is 9.83. The van der Waals surface area contributed by atoms with E-state index in [4.69, 9.17) is 4.52 Å². The number of aromatic nitrogens is 1. The van der Waals surface area contributed by atoms with E-state index in [9.17, 15) is 5.11 Å². The highest BCUT2D eigenvalue weighted by Crippen LogP contribution is 2.29. The van der Waals surface area contributed by atoms with Crippen LogP contribution in [0.15, 0.2) is 65.2 Å². The molecule has 0 aliphatic rings. The van der Waals surface area contributed by atoms with Gasteiger partial charge in [-0.05, 0) is 23.8 Å². The van der Waals surface area contributed by atoms with Crippen LogP contribution in [-0.2, 0) is 0 Å². The molecule has 3 aromatic rings. The third kappa shape index (κ3) is 2.62. The van der Waals surface area contributed by atoms with Gasteiger partial charge in [-0.3, -0.25) is 0 Å². The topological polar surface area (TPSA) is 46.3 Å². The molecule has 3 heteroatoms. The molecule has 3 rings (SSSR count). The lowest BCUT2D eigenvalue weighted by Crippen LogP contribution is -1.74. The molecule has 98 valence electrons. The van der Waals surface area contributed by atoms with Crippen molar-refractivity contribution in [1.82, 2.24) is 5.16 Å². The average molecular weight is 263 g/mol. The standard InChI is InChI=1S/C17H13NO2/c19-16-9-5-4-8-15(16)17-12-14(18-20-17)11-10-13-6-2-1-3-7-13/h1-12,19H/b11-10+. The fourth-order valence-corrected chi connectivity index (χ4v) is 1.92. The summed E-state index contributed by atoms with van der Waals surface area (Å²) in [4.78, 5) is 0. The normalized spacial score (nSPS) is 11.0.